The van der Waals surface area contributed by atoms with Gasteiger partial charge in [0.05, 0.1) is 12.1 Å². The molecule has 0 radical (unpaired) electrons. The summed E-state index contributed by atoms with van der Waals surface area (Å²) < 4.78 is 0. The van der Waals surface area contributed by atoms with E-state index in [0.29, 0.717) is 6.54 Å². The maximum absolute atomic E-state index is 12.1. The average Bonchev–Trinajstić information content (AvgIpc) is 2.65. The van der Waals surface area contributed by atoms with Gasteiger partial charge in [-0.1, -0.05) is 13.8 Å². The Morgan fingerprint density at radius 2 is 2.20 bits per heavy atom. The first-order valence-electron chi connectivity index (χ1n) is 5.54. The van der Waals surface area contributed by atoms with Gasteiger partial charge in [-0.15, -0.1) is 0 Å². The fraction of sp³-hybridized carbons (Fsp3) is 0.818. The number of rotatable bonds is 4. The summed E-state index contributed by atoms with van der Waals surface area (Å²) in [6.07, 6.45) is 2.63. The van der Waals surface area contributed by atoms with Crippen molar-refractivity contribution in [2.45, 2.75) is 38.8 Å². The zero-order valence-electron chi connectivity index (χ0n) is 9.69. The molecular formula is C11H20N2O2. The summed E-state index contributed by atoms with van der Waals surface area (Å²) >= 11 is 0. The SMILES string of the molecule is CNC(C(=O)N1CCCC1C=O)C(C)C. The molecule has 0 bridgehead atoms. The van der Waals surface area contributed by atoms with Crippen LogP contribution in [0.25, 0.3) is 0 Å². The van der Waals surface area contributed by atoms with Crippen LogP contribution in [0.4, 0.5) is 0 Å². The molecule has 0 spiro atoms. The predicted octanol–water partition coefficient (Wildman–Crippen LogP) is 0.420. The molecule has 2 atom stereocenters. The lowest BCUT2D eigenvalue weighted by molar-refractivity contribution is -0.137. The van der Waals surface area contributed by atoms with Gasteiger partial charge in [0.25, 0.3) is 0 Å². The average molecular weight is 212 g/mol. The molecule has 15 heavy (non-hydrogen) atoms. The van der Waals surface area contributed by atoms with Crippen molar-refractivity contribution < 1.29 is 9.59 Å². The Morgan fingerprint density at radius 1 is 1.53 bits per heavy atom. The number of likely N-dealkylation sites (tertiary alicyclic amines) is 1. The Labute approximate surface area is 91.0 Å². The Bertz CT molecular complexity index is 241. The van der Waals surface area contributed by atoms with Crippen molar-refractivity contribution in [3.05, 3.63) is 0 Å². The van der Waals surface area contributed by atoms with Gasteiger partial charge in [0, 0.05) is 6.54 Å². The van der Waals surface area contributed by atoms with Gasteiger partial charge in [-0.3, -0.25) is 4.79 Å². The number of carbonyl (C=O) groups is 2. The first-order chi connectivity index (χ1) is 7.11. The van der Waals surface area contributed by atoms with E-state index in [1.165, 1.54) is 0 Å². The third-order valence-corrected chi connectivity index (χ3v) is 2.98. The van der Waals surface area contributed by atoms with Gasteiger partial charge in [-0.25, -0.2) is 0 Å². The Balaban J connectivity index is 2.69. The number of nitrogens with zero attached hydrogens (tertiary/aromatic N) is 1. The third kappa shape index (κ3) is 2.56. The minimum Gasteiger partial charge on any atom is -0.332 e. The molecule has 0 aromatic heterocycles. The minimum absolute atomic E-state index is 0.0575. The monoisotopic (exact) mass is 212 g/mol. The van der Waals surface area contributed by atoms with Gasteiger partial charge in [0.1, 0.15) is 6.29 Å². The molecule has 1 aliphatic heterocycles. The van der Waals surface area contributed by atoms with E-state index in [9.17, 15) is 9.59 Å². The minimum atomic E-state index is -0.202. The van der Waals surface area contributed by atoms with E-state index < -0.39 is 0 Å². The second kappa shape index (κ2) is 5.26. The molecule has 1 rings (SSSR count). The lowest BCUT2D eigenvalue weighted by atomic mass is 10.0. The van der Waals surface area contributed by atoms with Crippen molar-refractivity contribution in [3.8, 4) is 0 Å². The van der Waals surface area contributed by atoms with Crippen molar-refractivity contribution >= 4 is 12.2 Å². The van der Waals surface area contributed by atoms with E-state index in [4.69, 9.17) is 0 Å². The van der Waals surface area contributed by atoms with Crippen LogP contribution in [0.15, 0.2) is 0 Å². The molecule has 1 amide bonds. The van der Waals surface area contributed by atoms with Crippen LogP contribution in [0.2, 0.25) is 0 Å². The number of aldehydes is 1. The second-order valence-corrected chi connectivity index (χ2v) is 4.39. The standard InChI is InChI=1S/C11H20N2O2/c1-8(2)10(12-3)11(15)13-6-4-5-9(13)7-14/h7-10,12H,4-6H2,1-3H3. The Hall–Kier alpha value is -0.900. The molecule has 4 nitrogen and oxygen atoms in total. The highest BCUT2D eigenvalue weighted by Gasteiger charge is 2.33. The van der Waals surface area contributed by atoms with Gasteiger partial charge < -0.3 is 15.0 Å². The number of hydrogen-bond donors (Lipinski definition) is 1. The van der Waals surface area contributed by atoms with Gasteiger partial charge >= 0.3 is 0 Å². The summed E-state index contributed by atoms with van der Waals surface area (Å²) in [7, 11) is 1.79. The van der Waals surface area contributed by atoms with E-state index >= 15 is 0 Å². The first kappa shape index (κ1) is 12.2. The van der Waals surface area contributed by atoms with Crippen LogP contribution in [0.3, 0.4) is 0 Å². The highest BCUT2D eigenvalue weighted by atomic mass is 16.2. The fourth-order valence-corrected chi connectivity index (χ4v) is 2.13. The molecule has 86 valence electrons. The molecule has 0 aromatic rings. The summed E-state index contributed by atoms with van der Waals surface area (Å²) in [5.41, 5.74) is 0. The number of likely N-dealkylation sites (N-methyl/N-ethyl adjacent to an activating group) is 1. The summed E-state index contributed by atoms with van der Waals surface area (Å²) in [4.78, 5) is 24.6. The van der Waals surface area contributed by atoms with Gasteiger partial charge in [-0.05, 0) is 25.8 Å². The predicted molar refractivity (Wildman–Crippen MR) is 58.5 cm³/mol. The molecular weight excluding hydrogens is 192 g/mol. The molecule has 1 fully saturated rings. The lowest BCUT2D eigenvalue weighted by Gasteiger charge is -2.27. The molecule has 0 aromatic carbocycles. The number of amides is 1. The Morgan fingerprint density at radius 3 is 2.67 bits per heavy atom. The van der Waals surface area contributed by atoms with E-state index in [2.05, 4.69) is 5.32 Å². The molecule has 1 aliphatic rings. The van der Waals surface area contributed by atoms with Crippen LogP contribution >= 0.6 is 0 Å². The molecule has 1 saturated heterocycles. The second-order valence-electron chi connectivity index (χ2n) is 4.39. The van der Waals surface area contributed by atoms with Crippen LogP contribution in [0, 0.1) is 5.92 Å². The van der Waals surface area contributed by atoms with Gasteiger partial charge in [-0.2, -0.15) is 0 Å². The molecule has 1 heterocycles. The molecule has 0 aliphatic carbocycles. The van der Waals surface area contributed by atoms with E-state index in [0.717, 1.165) is 19.1 Å². The van der Waals surface area contributed by atoms with Crippen LogP contribution in [-0.2, 0) is 9.59 Å². The van der Waals surface area contributed by atoms with Crippen molar-refractivity contribution in [1.82, 2.24) is 10.2 Å². The molecule has 0 saturated carbocycles. The van der Waals surface area contributed by atoms with Crippen molar-refractivity contribution in [2.24, 2.45) is 5.92 Å². The quantitative estimate of drug-likeness (QED) is 0.687. The van der Waals surface area contributed by atoms with Crippen LogP contribution in [0.1, 0.15) is 26.7 Å². The van der Waals surface area contributed by atoms with Crippen LogP contribution < -0.4 is 5.32 Å². The fourth-order valence-electron chi connectivity index (χ4n) is 2.13. The topological polar surface area (TPSA) is 49.4 Å². The van der Waals surface area contributed by atoms with Crippen molar-refractivity contribution in [2.75, 3.05) is 13.6 Å². The largest absolute Gasteiger partial charge is 0.332 e. The van der Waals surface area contributed by atoms with Crippen LogP contribution in [0.5, 0.6) is 0 Å². The van der Waals surface area contributed by atoms with Crippen molar-refractivity contribution in [3.63, 3.8) is 0 Å². The summed E-state index contributed by atoms with van der Waals surface area (Å²) in [6.45, 7) is 4.73. The molecule has 4 heteroatoms. The highest BCUT2D eigenvalue weighted by molar-refractivity contribution is 5.85. The lowest BCUT2D eigenvalue weighted by Crippen LogP contribution is -2.50. The normalized spacial score (nSPS) is 23.2. The number of hydrogen-bond acceptors (Lipinski definition) is 3. The van der Waals surface area contributed by atoms with Crippen molar-refractivity contribution in [1.29, 1.82) is 0 Å². The van der Waals surface area contributed by atoms with E-state index in [1.807, 2.05) is 13.8 Å². The smallest absolute Gasteiger partial charge is 0.240 e. The molecule has 2 unspecified atom stereocenters. The molecule has 1 N–H and O–H groups in total. The highest BCUT2D eigenvalue weighted by Crippen LogP contribution is 2.18. The maximum Gasteiger partial charge on any atom is 0.240 e. The zero-order valence-corrected chi connectivity index (χ0v) is 9.69. The van der Waals surface area contributed by atoms with E-state index in [-0.39, 0.29) is 23.9 Å². The summed E-state index contributed by atoms with van der Waals surface area (Å²) in [6, 6.07) is -0.377. The first-order valence-corrected chi connectivity index (χ1v) is 5.54. The van der Waals surface area contributed by atoms with Gasteiger partial charge in [0.2, 0.25) is 5.91 Å². The summed E-state index contributed by atoms with van der Waals surface area (Å²) in [5.74, 6) is 0.303. The summed E-state index contributed by atoms with van der Waals surface area (Å²) in [5, 5.41) is 3.02. The van der Waals surface area contributed by atoms with E-state index in [1.54, 1.807) is 11.9 Å². The number of nitrogens with one attached hydrogen (secondary N) is 1. The maximum atomic E-state index is 12.1. The Kier molecular flexibility index (Phi) is 4.27. The van der Waals surface area contributed by atoms with Crippen LogP contribution in [-0.4, -0.2) is 42.8 Å². The third-order valence-electron chi connectivity index (χ3n) is 2.98. The zero-order chi connectivity index (χ0) is 11.4. The van der Waals surface area contributed by atoms with Gasteiger partial charge in [0.15, 0.2) is 0 Å². The number of carbonyl (C=O) groups excluding carboxylic acids is 2.